The molecule has 0 aliphatic carbocycles. The molecule has 0 saturated carbocycles. The summed E-state index contributed by atoms with van der Waals surface area (Å²) in [5.74, 6) is -0.831. The first kappa shape index (κ1) is 62.4. The number of esters is 3. The summed E-state index contributed by atoms with van der Waals surface area (Å²) in [7, 11) is 0. The minimum absolute atomic E-state index is 0.0610. The van der Waals surface area contributed by atoms with Crippen LogP contribution in [0.25, 0.3) is 0 Å². The third-order valence-electron chi connectivity index (χ3n) is 13.4. The molecule has 0 bridgehead atoms. The smallest absolute Gasteiger partial charge is 0.306 e. The lowest BCUT2D eigenvalue weighted by Crippen LogP contribution is -2.30. The predicted molar refractivity (Wildman–Crippen MR) is 275 cm³/mol. The monoisotopic (exact) mass is 905 g/mol. The van der Waals surface area contributed by atoms with Crippen LogP contribution in [0.15, 0.2) is 0 Å². The van der Waals surface area contributed by atoms with E-state index in [1.165, 1.54) is 238 Å². The van der Waals surface area contributed by atoms with Gasteiger partial charge in [-0.25, -0.2) is 0 Å². The molecular formula is C58H112O6. The second-order valence-electron chi connectivity index (χ2n) is 19.9. The first-order chi connectivity index (χ1) is 31.5. The van der Waals surface area contributed by atoms with Crippen LogP contribution in [0, 0.1) is 0 Å². The van der Waals surface area contributed by atoms with Gasteiger partial charge >= 0.3 is 17.9 Å². The van der Waals surface area contributed by atoms with Gasteiger partial charge in [0.2, 0.25) is 0 Å². The molecule has 6 heteroatoms. The zero-order valence-electron chi connectivity index (χ0n) is 43.6. The van der Waals surface area contributed by atoms with E-state index in [9.17, 15) is 14.4 Å². The van der Waals surface area contributed by atoms with Crippen LogP contribution in [0.5, 0.6) is 0 Å². The Balaban J connectivity index is 4.29. The first-order valence-electron chi connectivity index (χ1n) is 29.0. The average Bonchev–Trinajstić information content (AvgIpc) is 3.29. The molecule has 0 unspecified atom stereocenters. The lowest BCUT2D eigenvalue weighted by molar-refractivity contribution is -0.167. The molecule has 0 heterocycles. The van der Waals surface area contributed by atoms with E-state index < -0.39 is 6.10 Å². The summed E-state index contributed by atoms with van der Waals surface area (Å²) < 4.78 is 16.9. The molecular weight excluding hydrogens is 793 g/mol. The number of rotatable bonds is 54. The van der Waals surface area contributed by atoms with Crippen molar-refractivity contribution in [3.8, 4) is 0 Å². The Morgan fingerprint density at radius 1 is 0.250 bits per heavy atom. The van der Waals surface area contributed by atoms with Crippen LogP contribution >= 0.6 is 0 Å². The summed E-state index contributed by atoms with van der Waals surface area (Å²) in [6, 6.07) is 0. The molecule has 0 aliphatic rings. The van der Waals surface area contributed by atoms with Crippen molar-refractivity contribution in [3.05, 3.63) is 0 Å². The fourth-order valence-corrected chi connectivity index (χ4v) is 8.98. The van der Waals surface area contributed by atoms with Gasteiger partial charge < -0.3 is 14.2 Å². The van der Waals surface area contributed by atoms with Crippen LogP contribution in [-0.4, -0.2) is 37.2 Å². The zero-order chi connectivity index (χ0) is 46.5. The third kappa shape index (κ3) is 51.4. The number of hydrogen-bond acceptors (Lipinski definition) is 6. The van der Waals surface area contributed by atoms with Gasteiger partial charge in [0, 0.05) is 19.3 Å². The number of hydrogen-bond donors (Lipinski definition) is 0. The molecule has 0 aromatic carbocycles. The minimum atomic E-state index is -0.761. The average molecular weight is 906 g/mol. The third-order valence-corrected chi connectivity index (χ3v) is 13.4. The van der Waals surface area contributed by atoms with Gasteiger partial charge in [-0.15, -0.1) is 0 Å². The molecule has 0 aliphatic heterocycles. The van der Waals surface area contributed by atoms with E-state index in [1.807, 2.05) is 0 Å². The van der Waals surface area contributed by atoms with Crippen molar-refractivity contribution in [2.75, 3.05) is 13.2 Å². The van der Waals surface area contributed by atoms with E-state index in [-0.39, 0.29) is 31.1 Å². The molecule has 0 aromatic heterocycles. The molecule has 0 rings (SSSR count). The molecule has 0 N–H and O–H groups in total. The van der Waals surface area contributed by atoms with Crippen molar-refractivity contribution in [2.45, 2.75) is 341 Å². The van der Waals surface area contributed by atoms with Gasteiger partial charge in [-0.3, -0.25) is 14.4 Å². The number of ether oxygens (including phenoxy) is 3. The van der Waals surface area contributed by atoms with Crippen LogP contribution < -0.4 is 0 Å². The highest BCUT2D eigenvalue weighted by molar-refractivity contribution is 5.71. The van der Waals surface area contributed by atoms with Crippen molar-refractivity contribution in [2.24, 2.45) is 0 Å². The SMILES string of the molecule is CCCCCCCCCCCCCCCCCCC(=O)OC[C@@H](COC(=O)CCCCCCCCCCCCCCCC)OC(=O)CCCCCCCCCCCCCCCCCC. The lowest BCUT2D eigenvalue weighted by Gasteiger charge is -2.18. The highest BCUT2D eigenvalue weighted by Gasteiger charge is 2.19. The largest absolute Gasteiger partial charge is 0.462 e. The second-order valence-corrected chi connectivity index (χ2v) is 19.9. The summed E-state index contributed by atoms with van der Waals surface area (Å²) in [4.78, 5) is 38.1. The minimum Gasteiger partial charge on any atom is -0.462 e. The maximum Gasteiger partial charge on any atom is 0.306 e. The molecule has 0 radical (unpaired) electrons. The number of unbranched alkanes of at least 4 members (excludes halogenated alkanes) is 43. The highest BCUT2D eigenvalue weighted by Crippen LogP contribution is 2.18. The van der Waals surface area contributed by atoms with Crippen LogP contribution in [0.1, 0.15) is 335 Å². The maximum absolute atomic E-state index is 12.8. The Morgan fingerprint density at radius 2 is 0.422 bits per heavy atom. The van der Waals surface area contributed by atoms with E-state index >= 15 is 0 Å². The van der Waals surface area contributed by atoms with Gasteiger partial charge in [-0.2, -0.15) is 0 Å². The van der Waals surface area contributed by atoms with Gasteiger partial charge in [-0.05, 0) is 19.3 Å². The number of carbonyl (C=O) groups excluding carboxylic acids is 3. The van der Waals surface area contributed by atoms with E-state index in [2.05, 4.69) is 20.8 Å². The fourth-order valence-electron chi connectivity index (χ4n) is 8.98. The Labute approximate surface area is 399 Å². The summed E-state index contributed by atoms with van der Waals surface area (Å²) in [6.07, 6.45) is 59.4. The van der Waals surface area contributed by atoms with Crippen molar-refractivity contribution in [3.63, 3.8) is 0 Å². The predicted octanol–water partition coefficient (Wildman–Crippen LogP) is 19.2. The van der Waals surface area contributed by atoms with Gasteiger partial charge in [0.05, 0.1) is 0 Å². The molecule has 6 nitrogen and oxygen atoms in total. The Bertz CT molecular complexity index is 951. The van der Waals surface area contributed by atoms with E-state index in [1.54, 1.807) is 0 Å². The van der Waals surface area contributed by atoms with Crippen molar-refractivity contribution in [1.82, 2.24) is 0 Å². The molecule has 0 amide bonds. The van der Waals surface area contributed by atoms with Crippen LogP contribution in [-0.2, 0) is 28.6 Å². The van der Waals surface area contributed by atoms with Gasteiger partial charge in [-0.1, -0.05) is 297 Å². The van der Waals surface area contributed by atoms with Gasteiger partial charge in [0.15, 0.2) is 6.10 Å². The van der Waals surface area contributed by atoms with E-state index in [4.69, 9.17) is 14.2 Å². The molecule has 1 atom stereocenters. The van der Waals surface area contributed by atoms with Crippen LogP contribution in [0.4, 0.5) is 0 Å². The first-order valence-corrected chi connectivity index (χ1v) is 29.0. The lowest BCUT2D eigenvalue weighted by atomic mass is 10.0. The van der Waals surface area contributed by atoms with E-state index in [0.29, 0.717) is 19.3 Å². The standard InChI is InChI=1S/C58H112O6/c1-4-7-10-13-16-19-22-25-28-30-33-36-39-42-45-48-51-57(60)63-54-55(53-62-56(59)50-47-44-41-38-35-32-27-24-21-18-15-12-9-6-3)64-58(61)52-49-46-43-40-37-34-31-29-26-23-20-17-14-11-8-5-2/h55H,4-54H2,1-3H3/t55-/m1/s1. The Morgan fingerprint density at radius 3 is 0.625 bits per heavy atom. The van der Waals surface area contributed by atoms with Crippen molar-refractivity contribution < 1.29 is 28.6 Å². The highest BCUT2D eigenvalue weighted by atomic mass is 16.6. The van der Waals surface area contributed by atoms with Crippen molar-refractivity contribution >= 4 is 17.9 Å². The summed E-state index contributed by atoms with van der Waals surface area (Å²) >= 11 is 0. The molecule has 0 spiro atoms. The second kappa shape index (κ2) is 54.0. The van der Waals surface area contributed by atoms with Crippen molar-refractivity contribution in [1.29, 1.82) is 0 Å². The van der Waals surface area contributed by atoms with Gasteiger partial charge in [0.25, 0.3) is 0 Å². The van der Waals surface area contributed by atoms with Crippen LogP contribution in [0.3, 0.4) is 0 Å². The summed E-state index contributed by atoms with van der Waals surface area (Å²) in [5, 5.41) is 0. The normalized spacial score (nSPS) is 11.9. The summed E-state index contributed by atoms with van der Waals surface area (Å²) in [6.45, 7) is 6.71. The molecule has 64 heavy (non-hydrogen) atoms. The van der Waals surface area contributed by atoms with Gasteiger partial charge in [0.1, 0.15) is 13.2 Å². The molecule has 380 valence electrons. The zero-order valence-corrected chi connectivity index (χ0v) is 43.6. The molecule has 0 aromatic rings. The van der Waals surface area contributed by atoms with Crippen LogP contribution in [0.2, 0.25) is 0 Å². The quantitative estimate of drug-likeness (QED) is 0.0344. The summed E-state index contributed by atoms with van der Waals surface area (Å²) in [5.41, 5.74) is 0. The van der Waals surface area contributed by atoms with E-state index in [0.717, 1.165) is 57.8 Å². The Hall–Kier alpha value is -1.59. The maximum atomic E-state index is 12.8. The number of carbonyl (C=O) groups is 3. The molecule has 0 fully saturated rings. The molecule has 0 saturated heterocycles. The fraction of sp³-hybridized carbons (Fsp3) is 0.948. The topological polar surface area (TPSA) is 78.9 Å². The Kier molecular flexibility index (Phi) is 52.7.